The third-order valence-corrected chi connectivity index (χ3v) is 5.60. The van der Waals surface area contributed by atoms with Crippen molar-refractivity contribution >= 4 is 23.4 Å². The van der Waals surface area contributed by atoms with Gasteiger partial charge in [-0.3, -0.25) is 0 Å². The van der Waals surface area contributed by atoms with Gasteiger partial charge in [0.2, 0.25) is 0 Å². The second-order valence-corrected chi connectivity index (χ2v) is 7.98. The zero-order chi connectivity index (χ0) is 22.2. The van der Waals surface area contributed by atoms with E-state index in [2.05, 4.69) is 0 Å². The predicted octanol–water partition coefficient (Wildman–Crippen LogP) is 5.32. The Morgan fingerprint density at radius 2 is 1.65 bits per heavy atom. The smallest absolute Gasteiger partial charge is 0.418 e. The van der Waals surface area contributed by atoms with E-state index in [1.807, 2.05) is 18.2 Å². The number of nitrogens with zero attached hydrogens (tertiary/aromatic N) is 1. The van der Waals surface area contributed by atoms with Gasteiger partial charge in [-0.1, -0.05) is 24.3 Å². The molecule has 1 aliphatic carbocycles. The monoisotopic (exact) mass is 429 g/mol. The minimum absolute atomic E-state index is 0.243. The molecule has 1 N–H and O–H groups in total. The average molecular weight is 429 g/mol. The van der Waals surface area contributed by atoms with Gasteiger partial charge in [-0.25, -0.2) is 18.9 Å². The molecule has 0 aromatic heterocycles. The van der Waals surface area contributed by atoms with Crippen LogP contribution in [0.4, 0.5) is 20.6 Å². The van der Waals surface area contributed by atoms with Crippen LogP contribution >= 0.6 is 0 Å². The fourth-order valence-electron chi connectivity index (χ4n) is 3.79. The number of hydrogen-bond acceptors (Lipinski definition) is 4. The van der Waals surface area contributed by atoms with Gasteiger partial charge in [0.05, 0.1) is 24.6 Å². The van der Waals surface area contributed by atoms with Crippen LogP contribution in [0.15, 0.2) is 48.5 Å². The number of ether oxygens (including phenoxy) is 2. The summed E-state index contributed by atoms with van der Waals surface area (Å²) in [5.74, 6) is -0.763. The number of para-hydroxylation sites is 1. The second-order valence-electron chi connectivity index (χ2n) is 7.98. The normalized spacial score (nSPS) is 18.4. The number of halogens is 1. The van der Waals surface area contributed by atoms with Crippen LogP contribution in [-0.4, -0.2) is 37.0 Å². The number of carbonyl (C=O) groups is 2. The van der Waals surface area contributed by atoms with E-state index in [0.717, 1.165) is 25.7 Å². The molecular formula is C24H28FNO5. The number of anilines is 2. The molecule has 1 aliphatic rings. The molecule has 0 heterocycles. The second kappa shape index (κ2) is 10.9. The first-order chi connectivity index (χ1) is 14.9. The van der Waals surface area contributed by atoms with Gasteiger partial charge >= 0.3 is 12.1 Å². The highest BCUT2D eigenvalue weighted by Gasteiger charge is 2.25. The summed E-state index contributed by atoms with van der Waals surface area (Å²) in [7, 11) is 0. The number of carboxylic acid groups (broad SMARTS) is 1. The molecule has 0 radical (unpaired) electrons. The summed E-state index contributed by atoms with van der Waals surface area (Å²) >= 11 is 0. The van der Waals surface area contributed by atoms with E-state index in [4.69, 9.17) is 14.6 Å². The molecule has 0 spiro atoms. The molecule has 0 atom stereocenters. The molecule has 0 saturated heterocycles. The molecule has 31 heavy (non-hydrogen) atoms. The van der Waals surface area contributed by atoms with Gasteiger partial charge < -0.3 is 14.6 Å². The zero-order valence-corrected chi connectivity index (χ0v) is 17.6. The van der Waals surface area contributed by atoms with E-state index in [-0.39, 0.29) is 18.3 Å². The van der Waals surface area contributed by atoms with Gasteiger partial charge in [0.1, 0.15) is 12.4 Å². The van der Waals surface area contributed by atoms with Crippen molar-refractivity contribution in [2.45, 2.75) is 32.6 Å². The summed E-state index contributed by atoms with van der Waals surface area (Å²) < 4.78 is 25.0. The Morgan fingerprint density at radius 3 is 2.26 bits per heavy atom. The molecule has 0 aliphatic heterocycles. The maximum atomic E-state index is 14.1. The summed E-state index contributed by atoms with van der Waals surface area (Å²) in [5, 5.41) is 8.65. The number of aryl methyl sites for hydroxylation is 1. The number of carboxylic acids is 1. The van der Waals surface area contributed by atoms with Crippen molar-refractivity contribution in [3.63, 3.8) is 0 Å². The first-order valence-corrected chi connectivity index (χ1v) is 10.5. The summed E-state index contributed by atoms with van der Waals surface area (Å²) in [6.07, 6.45) is 3.06. The Kier molecular flexibility index (Phi) is 8.00. The average Bonchev–Trinajstić information content (AvgIpc) is 2.76. The number of hydrogen-bond donors (Lipinski definition) is 1. The fourth-order valence-corrected chi connectivity index (χ4v) is 3.79. The van der Waals surface area contributed by atoms with Crippen LogP contribution in [0.25, 0.3) is 0 Å². The third-order valence-electron chi connectivity index (χ3n) is 5.60. The minimum atomic E-state index is -0.961. The molecule has 2 aromatic carbocycles. The number of carbonyl (C=O) groups excluding carboxylic acids is 1. The number of amides is 1. The van der Waals surface area contributed by atoms with Crippen LogP contribution in [0, 0.1) is 24.6 Å². The van der Waals surface area contributed by atoms with E-state index in [9.17, 15) is 14.0 Å². The maximum Gasteiger partial charge on any atom is 0.418 e. The molecule has 6 nitrogen and oxygen atoms in total. The van der Waals surface area contributed by atoms with E-state index in [0.29, 0.717) is 36.1 Å². The van der Waals surface area contributed by atoms with Crippen LogP contribution < -0.4 is 4.90 Å². The molecule has 1 amide bonds. The molecular weight excluding hydrogens is 401 g/mol. The van der Waals surface area contributed by atoms with Crippen molar-refractivity contribution in [1.29, 1.82) is 0 Å². The summed E-state index contributed by atoms with van der Waals surface area (Å²) in [4.78, 5) is 24.9. The maximum absolute atomic E-state index is 14.1. The fraction of sp³-hybridized carbons (Fsp3) is 0.417. The Morgan fingerprint density at radius 1 is 1.00 bits per heavy atom. The highest BCUT2D eigenvalue weighted by molar-refractivity contribution is 5.96. The molecule has 0 bridgehead atoms. The number of aliphatic carboxylic acids is 1. The zero-order valence-electron chi connectivity index (χ0n) is 17.6. The number of benzene rings is 2. The van der Waals surface area contributed by atoms with Gasteiger partial charge in [0.25, 0.3) is 0 Å². The van der Waals surface area contributed by atoms with Gasteiger partial charge in [0, 0.05) is 0 Å². The van der Waals surface area contributed by atoms with Crippen molar-refractivity contribution in [1.82, 2.24) is 0 Å². The molecule has 1 saturated carbocycles. The van der Waals surface area contributed by atoms with Gasteiger partial charge in [-0.05, 0) is 74.3 Å². The SMILES string of the molecule is Cc1ccc(N(C(=O)OCC2CCC(COCC(=O)O)CC2)c2ccccc2)cc1F. The Bertz CT molecular complexity index is 881. The summed E-state index contributed by atoms with van der Waals surface area (Å²) in [6.45, 7) is 2.14. The van der Waals surface area contributed by atoms with Crippen LogP contribution in [0.3, 0.4) is 0 Å². The van der Waals surface area contributed by atoms with E-state index in [1.54, 1.807) is 31.2 Å². The Balaban J connectivity index is 1.58. The van der Waals surface area contributed by atoms with E-state index < -0.39 is 12.1 Å². The van der Waals surface area contributed by atoms with E-state index >= 15 is 0 Å². The van der Waals surface area contributed by atoms with Crippen LogP contribution in [0.5, 0.6) is 0 Å². The lowest BCUT2D eigenvalue weighted by molar-refractivity contribution is -0.142. The van der Waals surface area contributed by atoms with Crippen molar-refractivity contribution in [3.8, 4) is 0 Å². The lowest BCUT2D eigenvalue weighted by Crippen LogP contribution is -2.30. The van der Waals surface area contributed by atoms with Crippen molar-refractivity contribution in [2.24, 2.45) is 11.8 Å². The minimum Gasteiger partial charge on any atom is -0.480 e. The first kappa shape index (κ1) is 22.7. The standard InChI is InChI=1S/C24H28FNO5/c1-17-7-12-21(13-22(17)25)26(20-5-3-2-4-6-20)24(29)31-15-19-10-8-18(9-11-19)14-30-16-23(27)28/h2-7,12-13,18-19H,8-11,14-16H2,1H3,(H,27,28). The van der Waals surface area contributed by atoms with Crippen molar-refractivity contribution in [2.75, 3.05) is 24.7 Å². The highest BCUT2D eigenvalue weighted by atomic mass is 19.1. The van der Waals surface area contributed by atoms with Gasteiger partial charge in [-0.15, -0.1) is 0 Å². The molecule has 7 heteroatoms. The van der Waals surface area contributed by atoms with Gasteiger partial charge in [-0.2, -0.15) is 0 Å². The third kappa shape index (κ3) is 6.52. The van der Waals surface area contributed by atoms with Crippen LogP contribution in [0.1, 0.15) is 31.2 Å². The van der Waals surface area contributed by atoms with E-state index in [1.165, 1.54) is 11.0 Å². The Hall–Kier alpha value is -2.93. The van der Waals surface area contributed by atoms with Crippen molar-refractivity contribution in [3.05, 3.63) is 59.9 Å². The molecule has 0 unspecified atom stereocenters. The largest absolute Gasteiger partial charge is 0.480 e. The predicted molar refractivity (Wildman–Crippen MR) is 115 cm³/mol. The summed E-state index contributed by atoms with van der Waals surface area (Å²) in [6, 6.07) is 13.7. The molecule has 166 valence electrons. The lowest BCUT2D eigenvalue weighted by atomic mass is 9.83. The Labute approximate surface area is 181 Å². The quantitative estimate of drug-likeness (QED) is 0.615. The molecule has 3 rings (SSSR count). The van der Waals surface area contributed by atoms with Crippen LogP contribution in [0.2, 0.25) is 0 Å². The van der Waals surface area contributed by atoms with Gasteiger partial charge in [0.15, 0.2) is 0 Å². The molecule has 1 fully saturated rings. The van der Waals surface area contributed by atoms with Crippen LogP contribution in [-0.2, 0) is 14.3 Å². The molecule has 2 aromatic rings. The first-order valence-electron chi connectivity index (χ1n) is 10.5. The number of rotatable bonds is 8. The van der Waals surface area contributed by atoms with Crippen molar-refractivity contribution < 1.29 is 28.6 Å². The summed E-state index contributed by atoms with van der Waals surface area (Å²) in [5.41, 5.74) is 1.53. The topological polar surface area (TPSA) is 76.1 Å². The highest BCUT2D eigenvalue weighted by Crippen LogP contribution is 2.31. The lowest BCUT2D eigenvalue weighted by Gasteiger charge is -2.29.